The Labute approximate surface area is 344 Å². The molecule has 2 unspecified atom stereocenters. The molecule has 4 N–H and O–H groups in total. The van der Waals surface area contributed by atoms with Crippen LogP contribution in [0.3, 0.4) is 0 Å². The van der Waals surface area contributed by atoms with Gasteiger partial charge in [-0.2, -0.15) is 0 Å². The minimum Gasteiger partial charge on any atom is -0.343 e. The summed E-state index contributed by atoms with van der Waals surface area (Å²) in [5.41, 5.74) is 7.01. The summed E-state index contributed by atoms with van der Waals surface area (Å²) in [7, 11) is 0. The van der Waals surface area contributed by atoms with Crippen molar-refractivity contribution < 1.29 is 9.59 Å². The van der Waals surface area contributed by atoms with E-state index in [2.05, 4.69) is 72.6 Å². The van der Waals surface area contributed by atoms with Gasteiger partial charge in [-0.3, -0.25) is 19.2 Å². The molecule has 5 aromatic rings. The van der Waals surface area contributed by atoms with Crippen LogP contribution in [0.4, 0.5) is 11.6 Å². The van der Waals surface area contributed by atoms with Gasteiger partial charge in [0.15, 0.2) is 21.9 Å². The van der Waals surface area contributed by atoms with Crippen LogP contribution in [0.15, 0.2) is 127 Å². The molecule has 0 radical (unpaired) electrons. The highest BCUT2D eigenvalue weighted by molar-refractivity contribution is 7.98. The van der Waals surface area contributed by atoms with Crippen LogP contribution in [0.1, 0.15) is 98.6 Å². The fourth-order valence-electron chi connectivity index (χ4n) is 8.92. The molecule has 4 aliphatic rings. The molecule has 0 saturated carbocycles. The number of allylic oxidation sites excluding steroid dienone is 4. The summed E-state index contributed by atoms with van der Waals surface area (Å²) in [6.45, 7) is 8.38. The van der Waals surface area contributed by atoms with Gasteiger partial charge in [0.05, 0.1) is 11.1 Å². The van der Waals surface area contributed by atoms with Crippen molar-refractivity contribution in [3.05, 3.63) is 162 Å². The van der Waals surface area contributed by atoms with Crippen molar-refractivity contribution in [2.75, 3.05) is 10.6 Å². The number of carbonyl (C=O) groups is 2. The molecule has 0 saturated heterocycles. The lowest BCUT2D eigenvalue weighted by Crippen LogP contribution is -2.37. The predicted octanol–water partition coefficient (Wildman–Crippen LogP) is 8.84. The Bertz CT molecular complexity index is 2480. The molecular formula is C46H44N6O4S2. The second kappa shape index (κ2) is 14.7. The van der Waals surface area contributed by atoms with Crippen LogP contribution in [0.2, 0.25) is 0 Å². The molecule has 294 valence electrons. The van der Waals surface area contributed by atoms with Crippen molar-refractivity contribution in [2.24, 2.45) is 10.8 Å². The number of aromatic amines is 2. The molecule has 10 nitrogen and oxygen atoms in total. The first-order chi connectivity index (χ1) is 27.8. The number of anilines is 2. The number of Topliss-reactive ketones (excluding diaryl/α,β-unsaturated/α-hetero) is 2. The van der Waals surface area contributed by atoms with Gasteiger partial charge in [0.25, 0.3) is 11.1 Å². The van der Waals surface area contributed by atoms with Gasteiger partial charge >= 0.3 is 0 Å². The summed E-state index contributed by atoms with van der Waals surface area (Å²) in [4.78, 5) is 70.4. The lowest BCUT2D eigenvalue weighted by Gasteiger charge is -2.38. The number of rotatable bonds is 8. The van der Waals surface area contributed by atoms with Crippen molar-refractivity contribution in [3.63, 3.8) is 0 Å². The van der Waals surface area contributed by atoms with Gasteiger partial charge in [-0.15, -0.1) is 0 Å². The molecule has 2 aliphatic heterocycles. The number of thioether (sulfide) groups is 2. The summed E-state index contributed by atoms with van der Waals surface area (Å²) in [5, 5.41) is 7.83. The smallest absolute Gasteiger partial charge is 0.257 e. The third kappa shape index (κ3) is 7.28. The topological polar surface area (TPSA) is 150 Å². The third-order valence-electron chi connectivity index (χ3n) is 11.4. The fraction of sp³-hybridized carbons (Fsp3) is 0.304. The number of hydrogen-bond acceptors (Lipinski definition) is 10. The second-order valence-corrected chi connectivity index (χ2v) is 19.2. The maximum absolute atomic E-state index is 13.8. The van der Waals surface area contributed by atoms with E-state index in [-0.39, 0.29) is 33.5 Å². The minimum absolute atomic E-state index is 0.0674. The molecule has 0 amide bonds. The SMILES string of the molecule is CC1(C)CC(=O)C2=C(C1)Nc1nc(SCc3ccc(CSc4nc5c(c(=O)[nH]4)C(c4ccccc4)C4=C(CC(C)(C)CC4=O)N5)cc3)[nH]c(=O)c1C2c1ccccc1. The molecule has 12 heteroatoms. The Kier molecular flexibility index (Phi) is 9.67. The van der Waals surface area contributed by atoms with Crippen molar-refractivity contribution in [3.8, 4) is 0 Å². The van der Waals surface area contributed by atoms with Crippen molar-refractivity contribution in [2.45, 2.75) is 87.0 Å². The zero-order valence-corrected chi connectivity index (χ0v) is 34.5. The monoisotopic (exact) mass is 808 g/mol. The van der Waals surface area contributed by atoms with E-state index in [9.17, 15) is 19.2 Å². The Hall–Kier alpha value is -5.46. The molecule has 0 bridgehead atoms. The maximum Gasteiger partial charge on any atom is 0.257 e. The summed E-state index contributed by atoms with van der Waals surface area (Å²) >= 11 is 2.90. The Morgan fingerprint density at radius 2 is 0.931 bits per heavy atom. The molecule has 2 aliphatic carbocycles. The number of nitrogens with zero attached hydrogens (tertiary/aromatic N) is 2. The van der Waals surface area contributed by atoms with Crippen LogP contribution in [0.5, 0.6) is 0 Å². The van der Waals surface area contributed by atoms with Gasteiger partial charge in [0.2, 0.25) is 0 Å². The molecule has 2 aromatic heterocycles. The summed E-state index contributed by atoms with van der Waals surface area (Å²) < 4.78 is 0. The van der Waals surface area contributed by atoms with E-state index in [0.717, 1.165) is 33.6 Å². The van der Waals surface area contributed by atoms with Gasteiger partial charge in [-0.1, -0.05) is 136 Å². The van der Waals surface area contributed by atoms with Crippen LogP contribution < -0.4 is 21.8 Å². The van der Waals surface area contributed by atoms with Crippen LogP contribution >= 0.6 is 23.5 Å². The summed E-state index contributed by atoms with van der Waals surface area (Å²) in [6, 6.07) is 27.7. The number of nitrogens with one attached hydrogen (secondary N) is 4. The van der Waals surface area contributed by atoms with Gasteiger partial charge in [0, 0.05) is 58.7 Å². The first-order valence-corrected chi connectivity index (χ1v) is 21.6. The Balaban J connectivity index is 0.904. The first-order valence-electron chi connectivity index (χ1n) is 19.6. The number of fused-ring (bicyclic) bond motifs is 2. The van der Waals surface area contributed by atoms with Crippen molar-refractivity contribution >= 4 is 46.7 Å². The molecule has 58 heavy (non-hydrogen) atoms. The molecule has 9 rings (SSSR count). The highest BCUT2D eigenvalue weighted by Gasteiger charge is 2.44. The normalized spacial score (nSPS) is 20.3. The quantitative estimate of drug-likeness (QED) is 0.0885. The highest BCUT2D eigenvalue weighted by Crippen LogP contribution is 2.49. The van der Waals surface area contributed by atoms with E-state index >= 15 is 0 Å². The predicted molar refractivity (Wildman–Crippen MR) is 229 cm³/mol. The zero-order valence-electron chi connectivity index (χ0n) is 32.8. The second-order valence-electron chi connectivity index (χ2n) is 17.3. The first kappa shape index (κ1) is 38.1. The number of hydrogen-bond donors (Lipinski definition) is 4. The Morgan fingerprint density at radius 3 is 1.31 bits per heavy atom. The molecule has 2 atom stereocenters. The fourth-order valence-corrected chi connectivity index (χ4v) is 10.5. The lowest BCUT2D eigenvalue weighted by molar-refractivity contribution is -0.119. The number of aromatic nitrogens is 4. The van der Waals surface area contributed by atoms with E-state index < -0.39 is 11.8 Å². The molecule has 0 fully saturated rings. The van der Waals surface area contributed by atoms with Crippen LogP contribution in [0.25, 0.3) is 0 Å². The van der Waals surface area contributed by atoms with E-state index in [4.69, 9.17) is 9.97 Å². The van der Waals surface area contributed by atoms with E-state index in [1.807, 2.05) is 60.7 Å². The third-order valence-corrected chi connectivity index (χ3v) is 13.3. The average Bonchev–Trinajstić information content (AvgIpc) is 3.18. The number of benzene rings is 3. The Morgan fingerprint density at radius 1 is 0.552 bits per heavy atom. The van der Waals surface area contributed by atoms with Crippen LogP contribution in [0, 0.1) is 10.8 Å². The highest BCUT2D eigenvalue weighted by atomic mass is 32.2. The van der Waals surface area contributed by atoms with Gasteiger partial charge < -0.3 is 20.6 Å². The lowest BCUT2D eigenvalue weighted by atomic mass is 9.69. The zero-order chi connectivity index (χ0) is 40.3. The number of carbonyl (C=O) groups excluding carboxylic acids is 2. The van der Waals surface area contributed by atoms with Crippen molar-refractivity contribution in [1.29, 1.82) is 0 Å². The maximum atomic E-state index is 13.8. The van der Waals surface area contributed by atoms with Gasteiger partial charge in [-0.25, -0.2) is 9.97 Å². The average molecular weight is 809 g/mol. The summed E-state index contributed by atoms with van der Waals surface area (Å²) in [6.07, 6.45) is 2.26. The number of ketones is 2. The van der Waals surface area contributed by atoms with Crippen LogP contribution in [-0.2, 0) is 21.1 Å². The standard InChI is InChI=1S/C46H44N6O4S2/c1-45(2)19-29-35(31(53)21-45)33(27-11-7-5-8-12-27)37-39(47-29)49-43(51-41(37)55)57-23-25-15-17-26(18-16-25)24-58-44-50-40-38(42(56)52-44)34(28-13-9-6-10-14-28)36-30(48-40)20-46(3,4)22-32(36)54/h5-18,33-34H,19-24H2,1-4H3,(H2,47,49,51,55)(H2,48,50,52,56). The van der Waals surface area contributed by atoms with E-state index in [1.165, 1.54) is 23.5 Å². The van der Waals surface area contributed by atoms with E-state index in [0.29, 0.717) is 81.4 Å². The minimum atomic E-state index is -0.478. The van der Waals surface area contributed by atoms with Crippen molar-refractivity contribution in [1.82, 2.24) is 19.9 Å². The van der Waals surface area contributed by atoms with Crippen LogP contribution in [-0.4, -0.2) is 31.5 Å². The molecule has 3 aromatic carbocycles. The largest absolute Gasteiger partial charge is 0.343 e. The summed E-state index contributed by atoms with van der Waals surface area (Å²) in [5.74, 6) is 1.36. The molecule has 4 heterocycles. The van der Waals surface area contributed by atoms with Gasteiger partial charge in [-0.05, 0) is 45.9 Å². The number of H-pyrrole nitrogens is 2. The van der Waals surface area contributed by atoms with E-state index in [1.54, 1.807) is 0 Å². The van der Waals surface area contributed by atoms with Gasteiger partial charge in [0.1, 0.15) is 11.6 Å². The molecule has 0 spiro atoms. The molecular weight excluding hydrogens is 765 g/mol.